The summed E-state index contributed by atoms with van der Waals surface area (Å²) in [5.41, 5.74) is -1.25. The summed E-state index contributed by atoms with van der Waals surface area (Å²) in [6.07, 6.45) is -5.61. The highest BCUT2D eigenvalue weighted by Crippen LogP contribution is 2.44. The van der Waals surface area contributed by atoms with Crippen molar-refractivity contribution in [1.29, 1.82) is 0 Å². The summed E-state index contributed by atoms with van der Waals surface area (Å²) >= 11 is 32.1. The van der Waals surface area contributed by atoms with Gasteiger partial charge in [-0.05, 0) is 24.3 Å². The van der Waals surface area contributed by atoms with E-state index in [1.807, 2.05) is 0 Å². The van der Waals surface area contributed by atoms with Crippen LogP contribution in [0.25, 0.3) is 0 Å². The second-order valence-corrected chi connectivity index (χ2v) is 10.5. The molecule has 1 aromatic heterocycles. The van der Waals surface area contributed by atoms with E-state index < -0.39 is 55.2 Å². The van der Waals surface area contributed by atoms with Gasteiger partial charge in [0, 0.05) is 38.5 Å². The number of hydrogen-bond donors (Lipinski definition) is 3. The van der Waals surface area contributed by atoms with Gasteiger partial charge in [0.15, 0.2) is 6.23 Å². The summed E-state index contributed by atoms with van der Waals surface area (Å²) < 4.78 is 18.3. The van der Waals surface area contributed by atoms with E-state index in [4.69, 9.17) is 72.2 Å². The second kappa shape index (κ2) is 12.4. The molecule has 5 atom stereocenters. The molecule has 1 fully saturated rings. The van der Waals surface area contributed by atoms with E-state index in [1.54, 1.807) is 0 Å². The molecule has 3 aromatic rings. The lowest BCUT2D eigenvalue weighted by Crippen LogP contribution is -2.43. The van der Waals surface area contributed by atoms with E-state index in [2.05, 4.69) is 0 Å². The Bertz CT molecular complexity index is 1450. The van der Waals surface area contributed by atoms with Crippen molar-refractivity contribution in [2.75, 3.05) is 13.7 Å². The fraction of sp³-hybridized carbons (Fsp3) is 0.333. The topological polar surface area (TPSA) is 132 Å². The Hall–Kier alpha value is -1.83. The van der Waals surface area contributed by atoms with Crippen molar-refractivity contribution < 1.29 is 29.5 Å². The van der Waals surface area contributed by atoms with Gasteiger partial charge in [-0.2, -0.15) is 0 Å². The van der Waals surface area contributed by atoms with E-state index >= 15 is 0 Å². The maximum Gasteiger partial charge on any atom is 0.335 e. The second-order valence-electron chi connectivity index (χ2n) is 8.46. The van der Waals surface area contributed by atoms with Crippen LogP contribution in [-0.2, 0) is 16.2 Å². The van der Waals surface area contributed by atoms with Crippen LogP contribution < -0.4 is 16.0 Å². The number of methoxy groups -OCH3 is 1. The van der Waals surface area contributed by atoms with Crippen molar-refractivity contribution in [3.63, 3.8) is 0 Å². The molecular formula is C24H21Cl5N2O8. The zero-order valence-electron chi connectivity index (χ0n) is 19.9. The van der Waals surface area contributed by atoms with E-state index in [-0.39, 0.29) is 36.2 Å². The molecule has 4 rings (SSSR count). The maximum absolute atomic E-state index is 13.3. The molecule has 39 heavy (non-hydrogen) atoms. The van der Waals surface area contributed by atoms with Gasteiger partial charge in [-0.15, -0.1) is 0 Å². The summed E-state index contributed by atoms with van der Waals surface area (Å²) in [5, 5.41) is 30.5. The molecule has 1 unspecified atom stereocenters. The summed E-state index contributed by atoms with van der Waals surface area (Å²) in [7, 11) is 1.43. The van der Waals surface area contributed by atoms with E-state index in [0.717, 1.165) is 16.8 Å². The van der Waals surface area contributed by atoms with Crippen molar-refractivity contribution in [2.24, 2.45) is 0 Å². The Balaban J connectivity index is 1.78. The van der Waals surface area contributed by atoms with Crippen molar-refractivity contribution in [3.8, 4) is 5.75 Å². The molecule has 0 radical (unpaired) electrons. The summed E-state index contributed by atoms with van der Waals surface area (Å²) in [5.74, 6) is 0.362. The first-order valence-electron chi connectivity index (χ1n) is 11.2. The van der Waals surface area contributed by atoms with Gasteiger partial charge in [-0.3, -0.25) is 9.36 Å². The quantitative estimate of drug-likeness (QED) is 0.339. The van der Waals surface area contributed by atoms with Crippen LogP contribution in [0.1, 0.15) is 23.5 Å². The van der Waals surface area contributed by atoms with Gasteiger partial charge < -0.3 is 29.5 Å². The Morgan fingerprint density at radius 3 is 2.03 bits per heavy atom. The van der Waals surface area contributed by atoms with Crippen molar-refractivity contribution in [2.45, 2.75) is 37.4 Å². The molecule has 1 saturated heterocycles. The lowest BCUT2D eigenvalue weighted by atomic mass is 10.0. The van der Waals surface area contributed by atoms with Crippen LogP contribution in [0, 0.1) is 0 Å². The van der Waals surface area contributed by atoms with Crippen LogP contribution >= 0.6 is 58.0 Å². The first-order valence-corrected chi connectivity index (χ1v) is 13.1. The third-order valence-corrected chi connectivity index (χ3v) is 7.58. The van der Waals surface area contributed by atoms with Crippen molar-refractivity contribution in [3.05, 3.63) is 93.6 Å². The highest BCUT2D eigenvalue weighted by Gasteiger charge is 2.44. The highest BCUT2D eigenvalue weighted by atomic mass is 35.5. The van der Waals surface area contributed by atoms with E-state index in [9.17, 15) is 24.9 Å². The maximum atomic E-state index is 13.3. The van der Waals surface area contributed by atoms with Gasteiger partial charge in [0.25, 0.3) is 5.56 Å². The summed E-state index contributed by atoms with van der Waals surface area (Å²) in [4.78, 5) is 26.0. The fourth-order valence-electron chi connectivity index (χ4n) is 4.15. The van der Waals surface area contributed by atoms with Crippen LogP contribution in [-0.4, -0.2) is 56.5 Å². The zero-order chi connectivity index (χ0) is 28.6. The molecular weight excluding hydrogens is 622 g/mol. The Morgan fingerprint density at radius 1 is 0.949 bits per heavy atom. The number of ether oxygens (including phenoxy) is 3. The number of hydrogen-bond acceptors (Lipinski definition) is 8. The van der Waals surface area contributed by atoms with Crippen LogP contribution in [0.3, 0.4) is 0 Å². The number of benzene rings is 2. The lowest BCUT2D eigenvalue weighted by molar-refractivity contribution is -0.0570. The smallest absolute Gasteiger partial charge is 0.335 e. The van der Waals surface area contributed by atoms with Gasteiger partial charge >= 0.3 is 5.69 Å². The molecule has 0 aliphatic carbocycles. The first kappa shape index (κ1) is 30.1. The molecule has 2 aromatic carbocycles. The number of nitrogens with zero attached hydrogens (tertiary/aromatic N) is 2. The average molecular weight is 643 g/mol. The third kappa shape index (κ3) is 5.96. The molecule has 10 nitrogen and oxygen atoms in total. The number of rotatable bonds is 8. The minimum Gasteiger partial charge on any atom is -0.497 e. The monoisotopic (exact) mass is 640 g/mol. The molecule has 3 N–H and O–H groups in total. The molecule has 1 aliphatic rings. The fourth-order valence-corrected chi connectivity index (χ4v) is 5.83. The minimum absolute atomic E-state index is 0.102. The average Bonchev–Trinajstić information content (AvgIpc) is 3.15. The Kier molecular flexibility index (Phi) is 9.55. The van der Waals surface area contributed by atoms with Gasteiger partial charge in [-0.1, -0.05) is 58.0 Å². The van der Waals surface area contributed by atoms with Crippen molar-refractivity contribution >= 4 is 58.0 Å². The van der Waals surface area contributed by atoms with Gasteiger partial charge in [-0.25, -0.2) is 9.36 Å². The van der Waals surface area contributed by atoms with Crippen LogP contribution in [0.4, 0.5) is 0 Å². The Labute approximate surface area is 246 Å². The molecule has 15 heteroatoms. The predicted octanol–water partition coefficient (Wildman–Crippen LogP) is 3.66. The SMILES string of the molecule is COc1cc(Cl)c(C(OCn2c(=O)ccn([C@@H]3O[C@H](CO)[C@@H](O)[C@H]3O)c2=O)c2c(Cl)cc(Cl)cc2Cl)c(Cl)c1. The van der Waals surface area contributed by atoms with Gasteiger partial charge in [0.05, 0.1) is 23.8 Å². The molecule has 2 heterocycles. The van der Waals surface area contributed by atoms with Crippen LogP contribution in [0.5, 0.6) is 5.75 Å². The van der Waals surface area contributed by atoms with Crippen molar-refractivity contribution in [1.82, 2.24) is 9.13 Å². The molecule has 0 spiro atoms. The molecule has 1 aliphatic heterocycles. The number of aromatic nitrogens is 2. The number of aliphatic hydroxyl groups excluding tert-OH is 3. The molecule has 0 amide bonds. The normalized spacial score (nSPS) is 21.8. The first-order chi connectivity index (χ1) is 18.5. The third-order valence-electron chi connectivity index (χ3n) is 6.11. The van der Waals surface area contributed by atoms with Crippen LogP contribution in [0.2, 0.25) is 25.1 Å². The number of aliphatic hydroxyl groups is 3. The minimum atomic E-state index is -1.55. The summed E-state index contributed by atoms with van der Waals surface area (Å²) in [6, 6.07) is 6.87. The van der Waals surface area contributed by atoms with E-state index in [1.165, 1.54) is 31.4 Å². The van der Waals surface area contributed by atoms with Crippen LogP contribution in [0.15, 0.2) is 46.1 Å². The Morgan fingerprint density at radius 2 is 1.51 bits per heavy atom. The van der Waals surface area contributed by atoms with Gasteiger partial charge in [0.1, 0.15) is 36.9 Å². The zero-order valence-corrected chi connectivity index (χ0v) is 23.7. The van der Waals surface area contributed by atoms with E-state index in [0.29, 0.717) is 10.3 Å². The number of halogens is 5. The highest BCUT2D eigenvalue weighted by molar-refractivity contribution is 6.40. The molecule has 210 valence electrons. The standard InChI is InChI=1S/C24H21Cl5N2O8/c1-37-11-6-14(28)19(15(29)7-11)22(18-12(26)4-10(25)5-13(18)27)38-9-31-17(33)2-3-30(24(31)36)23-21(35)20(34)16(8-32)39-23/h2-7,16,20-23,32,34-35H,8-9H2,1H3/t16-,20-,21-,22?,23-/m1/s1. The molecule has 0 saturated carbocycles. The summed E-state index contributed by atoms with van der Waals surface area (Å²) in [6.45, 7) is -1.24. The lowest BCUT2D eigenvalue weighted by Gasteiger charge is -2.24. The predicted molar refractivity (Wildman–Crippen MR) is 145 cm³/mol. The van der Waals surface area contributed by atoms with Gasteiger partial charge in [0.2, 0.25) is 0 Å². The largest absolute Gasteiger partial charge is 0.497 e. The molecule has 0 bridgehead atoms.